The third-order valence-corrected chi connectivity index (χ3v) is 3.12. The monoisotopic (exact) mass is 254 g/mol. The Morgan fingerprint density at radius 1 is 1.11 bits per heavy atom. The molecule has 0 amide bonds. The molecule has 0 saturated heterocycles. The number of carbonyl (C=O) groups excluding carboxylic acids is 1. The molecule has 4 nitrogen and oxygen atoms in total. The van der Waals surface area contributed by atoms with Crippen LogP contribution in [0.5, 0.6) is 5.75 Å². The van der Waals surface area contributed by atoms with Gasteiger partial charge in [0.05, 0.1) is 10.9 Å². The fourth-order valence-corrected chi connectivity index (χ4v) is 2.20. The molecule has 1 aromatic heterocycles. The highest BCUT2D eigenvalue weighted by atomic mass is 16.4. The summed E-state index contributed by atoms with van der Waals surface area (Å²) in [6, 6.07) is 9.87. The summed E-state index contributed by atoms with van der Waals surface area (Å²) in [6.45, 7) is 1.38. The Labute approximate surface area is 107 Å². The molecule has 0 unspecified atom stereocenters. The summed E-state index contributed by atoms with van der Waals surface area (Å²) in [6.07, 6.45) is 0. The van der Waals surface area contributed by atoms with Crippen molar-refractivity contribution in [3.63, 3.8) is 0 Å². The van der Waals surface area contributed by atoms with Gasteiger partial charge < -0.3 is 9.52 Å². The van der Waals surface area contributed by atoms with Gasteiger partial charge >= 0.3 is 5.63 Å². The Morgan fingerprint density at radius 2 is 1.79 bits per heavy atom. The highest BCUT2D eigenvalue weighted by Gasteiger charge is 2.13. The van der Waals surface area contributed by atoms with E-state index in [2.05, 4.69) is 0 Å². The minimum absolute atomic E-state index is 0.182. The molecule has 0 atom stereocenters. The van der Waals surface area contributed by atoms with Crippen molar-refractivity contribution in [3.8, 4) is 5.75 Å². The third kappa shape index (κ3) is 1.69. The lowest BCUT2D eigenvalue weighted by atomic mass is 10.0. The molecule has 0 radical (unpaired) electrons. The maximum absolute atomic E-state index is 11.8. The number of rotatable bonds is 1. The number of benzene rings is 2. The molecule has 0 aliphatic rings. The minimum atomic E-state index is -0.460. The van der Waals surface area contributed by atoms with Gasteiger partial charge in [-0.3, -0.25) is 4.79 Å². The largest absolute Gasteiger partial charge is 0.507 e. The van der Waals surface area contributed by atoms with Crippen molar-refractivity contribution < 1.29 is 14.3 Å². The van der Waals surface area contributed by atoms with E-state index in [0.717, 1.165) is 0 Å². The molecule has 3 aromatic rings. The second-order valence-electron chi connectivity index (χ2n) is 4.36. The van der Waals surface area contributed by atoms with Crippen molar-refractivity contribution in [2.45, 2.75) is 6.92 Å². The molecule has 94 valence electrons. The lowest BCUT2D eigenvalue weighted by Crippen LogP contribution is -2.00. The van der Waals surface area contributed by atoms with Gasteiger partial charge in [-0.25, -0.2) is 4.79 Å². The number of hydrogen-bond donors (Lipinski definition) is 1. The molecule has 0 spiro atoms. The molecule has 0 saturated carbocycles. The van der Waals surface area contributed by atoms with Crippen LogP contribution in [0.15, 0.2) is 45.6 Å². The number of aromatic hydroxyl groups is 1. The predicted molar refractivity (Wildman–Crippen MR) is 71.7 cm³/mol. The van der Waals surface area contributed by atoms with Crippen LogP contribution in [0.3, 0.4) is 0 Å². The first-order valence-electron chi connectivity index (χ1n) is 5.77. The molecule has 19 heavy (non-hydrogen) atoms. The van der Waals surface area contributed by atoms with E-state index in [9.17, 15) is 14.7 Å². The van der Waals surface area contributed by atoms with E-state index < -0.39 is 5.63 Å². The second kappa shape index (κ2) is 3.95. The summed E-state index contributed by atoms with van der Waals surface area (Å²) >= 11 is 0. The maximum Gasteiger partial charge on any atom is 0.344 e. The van der Waals surface area contributed by atoms with Crippen molar-refractivity contribution in [2.75, 3.05) is 0 Å². The summed E-state index contributed by atoms with van der Waals surface area (Å²) in [7, 11) is 0. The van der Waals surface area contributed by atoms with E-state index in [1.807, 2.05) is 6.07 Å². The van der Waals surface area contributed by atoms with Gasteiger partial charge in [-0.15, -0.1) is 0 Å². The van der Waals surface area contributed by atoms with Gasteiger partial charge in [0.2, 0.25) is 0 Å². The lowest BCUT2D eigenvalue weighted by Gasteiger charge is -2.05. The van der Waals surface area contributed by atoms with Gasteiger partial charge in [0, 0.05) is 11.5 Å². The summed E-state index contributed by atoms with van der Waals surface area (Å²) in [5.74, 6) is -0.423. The topological polar surface area (TPSA) is 67.5 Å². The summed E-state index contributed by atoms with van der Waals surface area (Å²) in [5.41, 5.74) is 0.0239. The summed E-state index contributed by atoms with van der Waals surface area (Å²) in [5, 5.41) is 11.6. The Kier molecular flexibility index (Phi) is 2.38. The van der Waals surface area contributed by atoms with Crippen molar-refractivity contribution in [2.24, 2.45) is 0 Å². The van der Waals surface area contributed by atoms with Gasteiger partial charge in [-0.05, 0) is 24.4 Å². The number of phenols is 1. The van der Waals surface area contributed by atoms with Crippen molar-refractivity contribution in [3.05, 3.63) is 52.4 Å². The van der Waals surface area contributed by atoms with Crippen molar-refractivity contribution in [1.82, 2.24) is 0 Å². The van der Waals surface area contributed by atoms with Crippen LogP contribution in [0.1, 0.15) is 17.3 Å². The maximum atomic E-state index is 11.8. The second-order valence-corrected chi connectivity index (χ2v) is 4.36. The first kappa shape index (κ1) is 11.5. The van der Waals surface area contributed by atoms with E-state index in [1.54, 1.807) is 24.3 Å². The van der Waals surface area contributed by atoms with Crippen molar-refractivity contribution in [1.29, 1.82) is 0 Å². The van der Waals surface area contributed by atoms with Crippen LogP contribution in [0.2, 0.25) is 0 Å². The van der Waals surface area contributed by atoms with Crippen molar-refractivity contribution >= 4 is 27.5 Å². The molecule has 0 bridgehead atoms. The lowest BCUT2D eigenvalue weighted by molar-refractivity contribution is 0.101. The SMILES string of the molecule is CC(=O)c1cc2c(cc1O)oc(=O)c1ccccc12. The van der Waals surface area contributed by atoms with Crippen LogP contribution in [0.25, 0.3) is 21.7 Å². The third-order valence-electron chi connectivity index (χ3n) is 3.12. The number of Topliss-reactive ketones (excluding diaryl/α,β-unsaturated/α-hetero) is 1. The fourth-order valence-electron chi connectivity index (χ4n) is 2.20. The molecule has 3 rings (SSSR count). The van der Waals surface area contributed by atoms with E-state index in [4.69, 9.17) is 4.42 Å². The Morgan fingerprint density at radius 3 is 2.47 bits per heavy atom. The number of carbonyl (C=O) groups is 1. The number of fused-ring (bicyclic) bond motifs is 3. The summed E-state index contributed by atoms with van der Waals surface area (Å²) in [4.78, 5) is 23.3. The molecule has 0 fully saturated rings. The first-order valence-corrected chi connectivity index (χ1v) is 5.77. The van der Waals surface area contributed by atoms with E-state index in [-0.39, 0.29) is 22.7 Å². The molecule has 4 heteroatoms. The first-order chi connectivity index (χ1) is 9.08. The van der Waals surface area contributed by atoms with Gasteiger partial charge in [0.25, 0.3) is 0 Å². The molecular weight excluding hydrogens is 244 g/mol. The smallest absolute Gasteiger partial charge is 0.344 e. The highest BCUT2D eigenvalue weighted by molar-refractivity contribution is 6.08. The predicted octanol–water partition coefficient (Wildman–Crippen LogP) is 2.85. The molecule has 2 aromatic carbocycles. The van der Waals surface area contributed by atoms with Crippen LogP contribution in [-0.2, 0) is 0 Å². The molecule has 0 aliphatic carbocycles. The van der Waals surface area contributed by atoms with Crippen LogP contribution in [-0.4, -0.2) is 10.9 Å². The van der Waals surface area contributed by atoms with Crippen LogP contribution >= 0.6 is 0 Å². The van der Waals surface area contributed by atoms with Crippen LogP contribution < -0.4 is 5.63 Å². The molecule has 1 N–H and O–H groups in total. The Bertz CT molecular complexity index is 874. The minimum Gasteiger partial charge on any atom is -0.507 e. The van der Waals surface area contributed by atoms with Crippen LogP contribution in [0.4, 0.5) is 0 Å². The summed E-state index contributed by atoms with van der Waals surface area (Å²) < 4.78 is 5.16. The Hall–Kier alpha value is -2.62. The van der Waals surface area contributed by atoms with Gasteiger partial charge in [-0.2, -0.15) is 0 Å². The average molecular weight is 254 g/mol. The standard InChI is InChI=1S/C15H10O4/c1-8(16)11-6-12-9-4-2-3-5-10(9)15(18)19-14(12)7-13(11)17/h2-7,17H,1H3. The zero-order chi connectivity index (χ0) is 13.6. The van der Waals surface area contributed by atoms with Gasteiger partial charge in [0.15, 0.2) is 5.78 Å². The van der Waals surface area contributed by atoms with Crippen LogP contribution in [0, 0.1) is 0 Å². The molecule has 1 heterocycles. The van der Waals surface area contributed by atoms with Gasteiger partial charge in [0.1, 0.15) is 11.3 Å². The normalized spacial score (nSPS) is 11.0. The van der Waals surface area contributed by atoms with E-state index in [1.165, 1.54) is 13.0 Å². The van der Waals surface area contributed by atoms with E-state index in [0.29, 0.717) is 16.2 Å². The quantitative estimate of drug-likeness (QED) is 0.412. The molecular formula is C15H10O4. The van der Waals surface area contributed by atoms with Gasteiger partial charge in [-0.1, -0.05) is 18.2 Å². The zero-order valence-corrected chi connectivity index (χ0v) is 10.1. The average Bonchev–Trinajstić information content (AvgIpc) is 2.38. The number of hydrogen-bond acceptors (Lipinski definition) is 4. The zero-order valence-electron chi connectivity index (χ0n) is 10.1. The Balaban J connectivity index is 2.57. The number of phenolic OH excluding ortho intramolecular Hbond substituents is 1. The highest BCUT2D eigenvalue weighted by Crippen LogP contribution is 2.29. The van der Waals surface area contributed by atoms with E-state index >= 15 is 0 Å². The molecule has 0 aliphatic heterocycles. The fraction of sp³-hybridized carbons (Fsp3) is 0.0667. The number of ketones is 1.